The Kier molecular flexibility index (Phi) is 5.03. The first-order valence-electron chi connectivity index (χ1n) is 6.57. The number of amides is 1. The van der Waals surface area contributed by atoms with Crippen LogP contribution in [-0.2, 0) is 18.3 Å². The van der Waals surface area contributed by atoms with Gasteiger partial charge in [0.2, 0.25) is 5.91 Å². The summed E-state index contributed by atoms with van der Waals surface area (Å²) >= 11 is 7.13. The van der Waals surface area contributed by atoms with Crippen LogP contribution in [0.25, 0.3) is 0 Å². The molecule has 5 nitrogen and oxygen atoms in total. The van der Waals surface area contributed by atoms with Crippen LogP contribution in [0.2, 0.25) is 4.34 Å². The van der Waals surface area contributed by atoms with Gasteiger partial charge in [-0.2, -0.15) is 5.10 Å². The Morgan fingerprint density at radius 2 is 2.24 bits per heavy atom. The summed E-state index contributed by atoms with van der Waals surface area (Å²) in [6.45, 7) is 4.00. The van der Waals surface area contributed by atoms with Crippen molar-refractivity contribution in [2.24, 2.45) is 7.05 Å². The van der Waals surface area contributed by atoms with Gasteiger partial charge in [0.05, 0.1) is 16.5 Å². The number of thiophene rings is 1. The summed E-state index contributed by atoms with van der Waals surface area (Å²) < 4.78 is 2.39. The van der Waals surface area contributed by atoms with Gasteiger partial charge in [0.1, 0.15) is 6.10 Å². The van der Waals surface area contributed by atoms with Crippen molar-refractivity contribution in [3.05, 3.63) is 38.3 Å². The maximum Gasteiger partial charge on any atom is 0.224 e. The molecule has 2 rings (SSSR count). The van der Waals surface area contributed by atoms with Crippen molar-refractivity contribution in [3.8, 4) is 0 Å². The molecule has 0 fully saturated rings. The number of aryl methyl sites for hydroxylation is 2. The molecular formula is C14H18ClN3O2S. The fourth-order valence-electron chi connectivity index (χ4n) is 2.11. The quantitative estimate of drug-likeness (QED) is 0.884. The molecule has 2 aromatic rings. The summed E-state index contributed by atoms with van der Waals surface area (Å²) in [5.74, 6) is -0.129. The van der Waals surface area contributed by atoms with Gasteiger partial charge in [-0.15, -0.1) is 11.3 Å². The summed E-state index contributed by atoms with van der Waals surface area (Å²) in [7, 11) is 1.86. The predicted octanol–water partition coefficient (Wildman–Crippen LogP) is 2.14. The summed E-state index contributed by atoms with van der Waals surface area (Å²) in [4.78, 5) is 12.7. The number of halogens is 1. The van der Waals surface area contributed by atoms with Crippen LogP contribution in [0.1, 0.15) is 27.9 Å². The molecule has 1 atom stereocenters. The minimum atomic E-state index is -0.734. The standard InChI is InChI=1S/C14H18ClN3O2S/c1-8-10(9(2)18(3)17-8)6-14(20)16-7-11(19)12-4-5-13(15)21-12/h4-5,11,19H,6-7H2,1-3H3,(H,16,20)/t11-/m0/s1. The van der Waals surface area contributed by atoms with E-state index >= 15 is 0 Å². The molecule has 0 spiro atoms. The number of aromatic nitrogens is 2. The minimum Gasteiger partial charge on any atom is -0.386 e. The molecule has 0 aliphatic carbocycles. The minimum absolute atomic E-state index is 0.129. The first-order valence-corrected chi connectivity index (χ1v) is 7.77. The lowest BCUT2D eigenvalue weighted by Crippen LogP contribution is -2.29. The zero-order chi connectivity index (χ0) is 15.6. The van der Waals surface area contributed by atoms with Crippen LogP contribution in [-0.4, -0.2) is 27.3 Å². The molecule has 0 saturated heterocycles. The topological polar surface area (TPSA) is 67.2 Å². The van der Waals surface area contributed by atoms with E-state index in [1.807, 2.05) is 20.9 Å². The fraction of sp³-hybridized carbons (Fsp3) is 0.429. The average molecular weight is 328 g/mol. The first-order chi connectivity index (χ1) is 9.88. The second-order valence-electron chi connectivity index (χ2n) is 4.91. The van der Waals surface area contributed by atoms with Crippen LogP contribution >= 0.6 is 22.9 Å². The Morgan fingerprint density at radius 1 is 1.52 bits per heavy atom. The predicted molar refractivity (Wildman–Crippen MR) is 83.7 cm³/mol. The Labute approximate surface area is 132 Å². The van der Waals surface area contributed by atoms with Gasteiger partial charge in [0.15, 0.2) is 0 Å². The normalized spacial score (nSPS) is 12.4. The smallest absolute Gasteiger partial charge is 0.224 e. The van der Waals surface area contributed by atoms with Gasteiger partial charge in [-0.3, -0.25) is 9.48 Å². The number of carbonyl (C=O) groups excluding carboxylic acids is 1. The molecule has 2 heterocycles. The van der Waals surface area contributed by atoms with Crippen LogP contribution in [0.3, 0.4) is 0 Å². The molecule has 1 amide bonds. The Morgan fingerprint density at radius 3 is 2.76 bits per heavy atom. The highest BCUT2D eigenvalue weighted by molar-refractivity contribution is 7.16. The molecule has 2 aromatic heterocycles. The fourth-order valence-corrected chi connectivity index (χ4v) is 3.16. The highest BCUT2D eigenvalue weighted by Crippen LogP contribution is 2.26. The third kappa shape index (κ3) is 3.84. The Bertz CT molecular complexity index is 651. The van der Waals surface area contributed by atoms with Crippen LogP contribution in [0.15, 0.2) is 12.1 Å². The molecule has 0 saturated carbocycles. The largest absolute Gasteiger partial charge is 0.386 e. The lowest BCUT2D eigenvalue weighted by Gasteiger charge is -2.10. The average Bonchev–Trinajstić information content (AvgIpc) is 2.96. The second-order valence-corrected chi connectivity index (χ2v) is 6.66. The van der Waals surface area contributed by atoms with Crippen molar-refractivity contribution in [2.45, 2.75) is 26.4 Å². The van der Waals surface area contributed by atoms with Crippen LogP contribution in [0.4, 0.5) is 0 Å². The van der Waals surface area contributed by atoms with E-state index in [2.05, 4.69) is 10.4 Å². The first kappa shape index (κ1) is 16.0. The molecule has 21 heavy (non-hydrogen) atoms. The lowest BCUT2D eigenvalue weighted by atomic mass is 10.1. The van der Waals surface area contributed by atoms with E-state index in [1.165, 1.54) is 11.3 Å². The molecule has 0 aliphatic heterocycles. The number of rotatable bonds is 5. The Balaban J connectivity index is 1.90. The summed E-state index contributed by atoms with van der Waals surface area (Å²) in [5, 5.41) is 17.0. The molecule has 114 valence electrons. The van der Waals surface area contributed by atoms with Gasteiger partial charge in [-0.1, -0.05) is 11.6 Å². The molecule has 0 bridgehead atoms. The van der Waals surface area contributed by atoms with E-state index < -0.39 is 6.10 Å². The van der Waals surface area contributed by atoms with Gasteiger partial charge in [0.25, 0.3) is 0 Å². The maximum atomic E-state index is 12.0. The van der Waals surface area contributed by atoms with E-state index in [9.17, 15) is 9.90 Å². The molecule has 0 unspecified atom stereocenters. The second kappa shape index (κ2) is 6.60. The van der Waals surface area contributed by atoms with E-state index in [0.29, 0.717) is 4.34 Å². The van der Waals surface area contributed by atoms with E-state index in [1.54, 1.807) is 16.8 Å². The molecule has 2 N–H and O–H groups in total. The molecule has 7 heteroatoms. The SMILES string of the molecule is Cc1nn(C)c(C)c1CC(=O)NC[C@H](O)c1ccc(Cl)s1. The third-order valence-electron chi connectivity index (χ3n) is 3.41. The summed E-state index contributed by atoms with van der Waals surface area (Å²) in [6, 6.07) is 3.49. The summed E-state index contributed by atoms with van der Waals surface area (Å²) in [6.07, 6.45) is -0.466. The number of aliphatic hydroxyl groups excluding tert-OH is 1. The van der Waals surface area contributed by atoms with Crippen molar-refractivity contribution in [3.63, 3.8) is 0 Å². The highest BCUT2D eigenvalue weighted by atomic mass is 35.5. The van der Waals surface area contributed by atoms with Gasteiger partial charge >= 0.3 is 0 Å². The van der Waals surface area contributed by atoms with E-state index in [-0.39, 0.29) is 18.9 Å². The molecule has 0 radical (unpaired) electrons. The molecule has 0 aliphatic rings. The van der Waals surface area contributed by atoms with E-state index in [0.717, 1.165) is 21.8 Å². The summed E-state index contributed by atoms with van der Waals surface area (Å²) in [5.41, 5.74) is 2.77. The maximum absolute atomic E-state index is 12.0. The van der Waals surface area contributed by atoms with Gasteiger partial charge in [0, 0.05) is 29.7 Å². The third-order valence-corrected chi connectivity index (χ3v) is 4.74. The van der Waals surface area contributed by atoms with Crippen molar-refractivity contribution in [1.29, 1.82) is 0 Å². The number of hydrogen-bond donors (Lipinski definition) is 2. The Hall–Kier alpha value is -1.37. The number of hydrogen-bond acceptors (Lipinski definition) is 4. The van der Waals surface area contributed by atoms with Gasteiger partial charge in [-0.25, -0.2) is 0 Å². The van der Waals surface area contributed by atoms with Crippen LogP contribution < -0.4 is 5.32 Å². The monoisotopic (exact) mass is 327 g/mol. The zero-order valence-corrected chi connectivity index (χ0v) is 13.8. The van der Waals surface area contributed by atoms with Crippen molar-refractivity contribution in [2.75, 3.05) is 6.54 Å². The highest BCUT2D eigenvalue weighted by Gasteiger charge is 2.15. The van der Waals surface area contributed by atoms with Crippen molar-refractivity contribution >= 4 is 28.8 Å². The van der Waals surface area contributed by atoms with Crippen LogP contribution in [0, 0.1) is 13.8 Å². The number of carbonyl (C=O) groups is 1. The lowest BCUT2D eigenvalue weighted by molar-refractivity contribution is -0.120. The molecular weight excluding hydrogens is 310 g/mol. The van der Waals surface area contributed by atoms with E-state index in [4.69, 9.17) is 11.6 Å². The zero-order valence-electron chi connectivity index (χ0n) is 12.2. The number of nitrogens with one attached hydrogen (secondary N) is 1. The number of aliphatic hydroxyl groups is 1. The van der Waals surface area contributed by atoms with Crippen molar-refractivity contribution < 1.29 is 9.90 Å². The van der Waals surface area contributed by atoms with Gasteiger partial charge < -0.3 is 10.4 Å². The van der Waals surface area contributed by atoms with Gasteiger partial charge in [-0.05, 0) is 26.0 Å². The van der Waals surface area contributed by atoms with Crippen molar-refractivity contribution in [1.82, 2.24) is 15.1 Å². The van der Waals surface area contributed by atoms with Crippen LogP contribution in [0.5, 0.6) is 0 Å². The molecule has 0 aromatic carbocycles. The number of nitrogens with zero attached hydrogens (tertiary/aromatic N) is 2.